The van der Waals surface area contributed by atoms with Crippen LogP contribution in [0, 0.1) is 0 Å². The second-order valence-electron chi connectivity index (χ2n) is 5.91. The highest BCUT2D eigenvalue weighted by Crippen LogP contribution is 2.31. The highest BCUT2D eigenvalue weighted by Gasteiger charge is 2.13. The predicted octanol–water partition coefficient (Wildman–Crippen LogP) is 5.31. The lowest BCUT2D eigenvalue weighted by molar-refractivity contribution is 0.483. The van der Waals surface area contributed by atoms with Crippen molar-refractivity contribution in [3.8, 4) is 33.5 Å². The van der Waals surface area contributed by atoms with Crippen LogP contribution in [0.15, 0.2) is 85.3 Å². The standard InChI is InChI=1S/C21H14N4OS/c1-2-4-17(5-3-1)26-18-8-6-16(7-9-18)21-24-25-19(27-21)14-23-20(25)15-10-12-22-13-11-15/h1-14H. The van der Waals surface area contributed by atoms with Crippen LogP contribution in [-0.4, -0.2) is 19.6 Å². The molecule has 0 bridgehead atoms. The largest absolute Gasteiger partial charge is 0.457 e. The van der Waals surface area contributed by atoms with Crippen LogP contribution in [0.5, 0.6) is 11.5 Å². The van der Waals surface area contributed by atoms with Gasteiger partial charge in [0.25, 0.3) is 0 Å². The van der Waals surface area contributed by atoms with Gasteiger partial charge in [-0.15, -0.1) is 0 Å². The van der Waals surface area contributed by atoms with Crippen LogP contribution in [-0.2, 0) is 0 Å². The van der Waals surface area contributed by atoms with Crippen LogP contribution in [0.2, 0.25) is 0 Å². The van der Waals surface area contributed by atoms with Crippen molar-refractivity contribution in [3.05, 3.63) is 85.3 Å². The number of imidazole rings is 1. The van der Waals surface area contributed by atoms with Gasteiger partial charge in [0.1, 0.15) is 21.3 Å². The van der Waals surface area contributed by atoms with Gasteiger partial charge in [0.2, 0.25) is 0 Å². The summed E-state index contributed by atoms with van der Waals surface area (Å²) in [5.41, 5.74) is 2.04. The smallest absolute Gasteiger partial charge is 0.162 e. The highest BCUT2D eigenvalue weighted by atomic mass is 32.1. The van der Waals surface area contributed by atoms with Gasteiger partial charge in [0.05, 0.1) is 6.20 Å². The van der Waals surface area contributed by atoms with E-state index in [0.717, 1.165) is 38.3 Å². The Morgan fingerprint density at radius 3 is 2.30 bits per heavy atom. The van der Waals surface area contributed by atoms with Crippen molar-refractivity contribution in [2.24, 2.45) is 0 Å². The molecule has 0 radical (unpaired) electrons. The molecule has 5 rings (SSSR count). The fraction of sp³-hybridized carbons (Fsp3) is 0. The predicted molar refractivity (Wildman–Crippen MR) is 106 cm³/mol. The van der Waals surface area contributed by atoms with Crippen molar-refractivity contribution in [1.29, 1.82) is 0 Å². The average molecular weight is 370 g/mol. The lowest BCUT2D eigenvalue weighted by Crippen LogP contribution is -1.91. The number of fused-ring (bicyclic) bond motifs is 1. The molecule has 0 aliphatic heterocycles. The summed E-state index contributed by atoms with van der Waals surface area (Å²) in [5.74, 6) is 2.44. The Morgan fingerprint density at radius 1 is 0.778 bits per heavy atom. The van der Waals surface area contributed by atoms with Gasteiger partial charge in [-0.05, 0) is 48.5 Å². The Kier molecular flexibility index (Phi) is 3.88. The third-order valence-electron chi connectivity index (χ3n) is 4.12. The molecule has 0 saturated heterocycles. The molecule has 0 saturated carbocycles. The summed E-state index contributed by atoms with van der Waals surface area (Å²) in [5, 5.41) is 5.68. The van der Waals surface area contributed by atoms with Crippen LogP contribution >= 0.6 is 11.3 Å². The highest BCUT2D eigenvalue weighted by molar-refractivity contribution is 7.20. The molecule has 27 heavy (non-hydrogen) atoms. The number of hydrogen-bond donors (Lipinski definition) is 0. The Hall–Kier alpha value is -3.51. The van der Waals surface area contributed by atoms with Crippen LogP contribution < -0.4 is 4.74 Å². The number of rotatable bonds is 4. The van der Waals surface area contributed by atoms with Crippen LogP contribution in [0.4, 0.5) is 0 Å². The summed E-state index contributed by atoms with van der Waals surface area (Å²) in [6, 6.07) is 21.6. The van der Waals surface area contributed by atoms with E-state index in [0.29, 0.717) is 0 Å². The van der Waals surface area contributed by atoms with Crippen molar-refractivity contribution in [2.45, 2.75) is 0 Å². The van der Waals surface area contributed by atoms with E-state index in [1.54, 1.807) is 23.7 Å². The Balaban J connectivity index is 1.45. The molecule has 0 aliphatic rings. The topological polar surface area (TPSA) is 52.3 Å². The molecule has 6 heteroatoms. The van der Waals surface area contributed by atoms with Crippen molar-refractivity contribution in [1.82, 2.24) is 19.6 Å². The quantitative estimate of drug-likeness (QED) is 0.430. The molecule has 130 valence electrons. The minimum Gasteiger partial charge on any atom is -0.457 e. The number of ether oxygens (including phenoxy) is 1. The molecule has 0 N–H and O–H groups in total. The van der Waals surface area contributed by atoms with Gasteiger partial charge >= 0.3 is 0 Å². The normalized spacial score (nSPS) is 11.0. The number of pyridine rings is 1. The summed E-state index contributed by atoms with van der Waals surface area (Å²) >= 11 is 1.61. The van der Waals surface area contributed by atoms with E-state index in [9.17, 15) is 0 Å². The first-order valence-corrected chi connectivity index (χ1v) is 9.27. The maximum absolute atomic E-state index is 5.85. The van der Waals surface area contributed by atoms with E-state index >= 15 is 0 Å². The Bertz CT molecular complexity index is 1180. The van der Waals surface area contributed by atoms with Gasteiger partial charge in [0, 0.05) is 23.5 Å². The molecule has 0 fully saturated rings. The lowest BCUT2D eigenvalue weighted by Gasteiger charge is -2.05. The number of benzene rings is 2. The summed E-state index contributed by atoms with van der Waals surface area (Å²) in [4.78, 5) is 9.55. The average Bonchev–Trinajstić information content (AvgIpc) is 3.31. The summed E-state index contributed by atoms with van der Waals surface area (Å²) < 4.78 is 7.73. The van der Waals surface area contributed by atoms with Crippen LogP contribution in [0.1, 0.15) is 0 Å². The monoisotopic (exact) mass is 370 g/mol. The molecular formula is C21H14N4OS. The minimum absolute atomic E-state index is 0.798. The van der Waals surface area contributed by atoms with Crippen molar-refractivity contribution in [2.75, 3.05) is 0 Å². The van der Waals surface area contributed by atoms with E-state index in [1.807, 2.05) is 77.4 Å². The van der Waals surface area contributed by atoms with E-state index in [4.69, 9.17) is 9.84 Å². The zero-order valence-electron chi connectivity index (χ0n) is 14.2. The minimum atomic E-state index is 0.798. The summed E-state index contributed by atoms with van der Waals surface area (Å²) in [6.07, 6.45) is 5.37. The van der Waals surface area contributed by atoms with Gasteiger partial charge in [-0.3, -0.25) is 4.98 Å². The zero-order valence-corrected chi connectivity index (χ0v) is 15.0. The molecule has 3 heterocycles. The molecule has 5 nitrogen and oxygen atoms in total. The van der Waals surface area contributed by atoms with E-state index in [1.165, 1.54) is 0 Å². The van der Waals surface area contributed by atoms with Crippen molar-refractivity contribution >= 4 is 16.2 Å². The fourth-order valence-corrected chi connectivity index (χ4v) is 3.70. The van der Waals surface area contributed by atoms with Gasteiger partial charge in [0.15, 0.2) is 5.82 Å². The van der Waals surface area contributed by atoms with Crippen molar-refractivity contribution in [3.63, 3.8) is 0 Å². The molecule has 0 spiro atoms. The first-order chi connectivity index (χ1) is 13.4. The maximum atomic E-state index is 5.85. The first kappa shape index (κ1) is 15.7. The molecule has 2 aromatic carbocycles. The molecule has 0 atom stereocenters. The van der Waals surface area contributed by atoms with Gasteiger partial charge in [-0.2, -0.15) is 5.10 Å². The zero-order chi connectivity index (χ0) is 18.1. The number of hydrogen-bond acceptors (Lipinski definition) is 5. The van der Waals surface area contributed by atoms with Gasteiger partial charge < -0.3 is 4.74 Å². The molecule has 0 unspecified atom stereocenters. The van der Waals surface area contributed by atoms with Gasteiger partial charge in [-0.25, -0.2) is 9.50 Å². The van der Waals surface area contributed by atoms with E-state index in [-0.39, 0.29) is 0 Å². The van der Waals surface area contributed by atoms with E-state index in [2.05, 4.69) is 9.97 Å². The molecular weight excluding hydrogens is 356 g/mol. The fourth-order valence-electron chi connectivity index (χ4n) is 2.81. The first-order valence-electron chi connectivity index (χ1n) is 8.45. The van der Waals surface area contributed by atoms with Crippen LogP contribution in [0.3, 0.4) is 0 Å². The third-order valence-corrected chi connectivity index (χ3v) is 5.12. The SMILES string of the molecule is c1ccc(Oc2ccc(-c3nn4c(-c5ccncc5)ncc4s3)cc2)cc1. The van der Waals surface area contributed by atoms with Crippen LogP contribution in [0.25, 0.3) is 26.8 Å². The van der Waals surface area contributed by atoms with Crippen molar-refractivity contribution < 1.29 is 4.74 Å². The lowest BCUT2D eigenvalue weighted by atomic mass is 10.2. The molecule has 3 aromatic heterocycles. The molecule has 0 amide bonds. The second-order valence-corrected chi connectivity index (χ2v) is 6.92. The van der Waals surface area contributed by atoms with Gasteiger partial charge in [-0.1, -0.05) is 29.5 Å². The second kappa shape index (κ2) is 6.66. The van der Waals surface area contributed by atoms with E-state index < -0.39 is 0 Å². The number of nitrogens with zero attached hydrogens (tertiary/aromatic N) is 4. The molecule has 0 aliphatic carbocycles. The summed E-state index contributed by atoms with van der Waals surface area (Å²) in [6.45, 7) is 0. The molecule has 5 aromatic rings. The Morgan fingerprint density at radius 2 is 1.52 bits per heavy atom. The Labute approximate surface area is 159 Å². The summed E-state index contributed by atoms with van der Waals surface area (Å²) in [7, 11) is 0. The maximum Gasteiger partial charge on any atom is 0.162 e. The number of para-hydroxylation sites is 1. The third kappa shape index (κ3) is 3.07. The number of aromatic nitrogens is 4.